The molecule has 1 aromatic carbocycles. The first kappa shape index (κ1) is 32.3. The summed E-state index contributed by atoms with van der Waals surface area (Å²) in [6.45, 7) is 17.0. The zero-order valence-electron chi connectivity index (χ0n) is 25.8. The Morgan fingerprint density at radius 1 is 1.14 bits per heavy atom. The molecule has 3 aliphatic heterocycles. The van der Waals surface area contributed by atoms with E-state index in [4.69, 9.17) is 0 Å². The van der Waals surface area contributed by atoms with Crippen LogP contribution in [0.1, 0.15) is 65.4 Å². The van der Waals surface area contributed by atoms with Crippen LogP contribution in [-0.2, 0) is 20.9 Å². The number of likely N-dealkylation sites (tertiary alicyclic amines) is 1. The van der Waals surface area contributed by atoms with Crippen molar-refractivity contribution in [2.45, 2.75) is 94.5 Å². The minimum absolute atomic E-state index is 0.00269. The molecule has 3 heterocycles. The smallest absolute Gasteiger partial charge is 0.247 e. The summed E-state index contributed by atoms with van der Waals surface area (Å²) in [6, 6.07) is 8.64. The highest BCUT2D eigenvalue weighted by Gasteiger charge is 2.74. The Hall–Kier alpha value is -2.58. The van der Waals surface area contributed by atoms with Crippen LogP contribution in [0.2, 0.25) is 0 Å². The summed E-state index contributed by atoms with van der Waals surface area (Å²) in [6.07, 6.45) is 7.52. The minimum Gasteiger partial charge on any atom is -0.394 e. The Labute approximate surface area is 256 Å². The van der Waals surface area contributed by atoms with Crippen molar-refractivity contribution in [2.24, 2.45) is 17.8 Å². The fraction of sp³-hybridized carbons (Fsp3) is 0.618. The van der Waals surface area contributed by atoms with Gasteiger partial charge >= 0.3 is 0 Å². The van der Waals surface area contributed by atoms with Gasteiger partial charge in [-0.1, -0.05) is 76.1 Å². The van der Waals surface area contributed by atoms with Gasteiger partial charge in [-0.25, -0.2) is 0 Å². The second-order valence-electron chi connectivity index (χ2n) is 12.3. The van der Waals surface area contributed by atoms with Crippen molar-refractivity contribution in [3.63, 3.8) is 0 Å². The molecule has 0 saturated carbocycles. The van der Waals surface area contributed by atoms with E-state index >= 15 is 0 Å². The third kappa shape index (κ3) is 5.69. The Balaban J connectivity index is 1.78. The Morgan fingerprint density at radius 3 is 2.43 bits per heavy atom. The van der Waals surface area contributed by atoms with Crippen LogP contribution in [0, 0.1) is 17.8 Å². The lowest BCUT2D eigenvalue weighted by Gasteiger charge is -2.42. The molecule has 3 unspecified atom stereocenters. The van der Waals surface area contributed by atoms with Crippen LogP contribution in [0.3, 0.4) is 0 Å². The number of amides is 3. The van der Waals surface area contributed by atoms with E-state index in [-0.39, 0.29) is 41.5 Å². The normalized spacial score (nSPS) is 28.2. The van der Waals surface area contributed by atoms with Crippen molar-refractivity contribution >= 4 is 29.5 Å². The van der Waals surface area contributed by atoms with Gasteiger partial charge in [0.1, 0.15) is 6.04 Å². The van der Waals surface area contributed by atoms with Crippen LogP contribution in [0.25, 0.3) is 0 Å². The highest BCUT2D eigenvalue weighted by atomic mass is 32.2. The average Bonchev–Trinajstić information content (AvgIpc) is 3.63. The molecule has 1 N–H and O–H groups in total. The lowest BCUT2D eigenvalue weighted by Crippen LogP contribution is -2.59. The lowest BCUT2D eigenvalue weighted by atomic mass is 9.70. The lowest BCUT2D eigenvalue weighted by molar-refractivity contribution is -0.148. The van der Waals surface area contributed by atoms with Gasteiger partial charge in [-0.05, 0) is 37.7 Å². The van der Waals surface area contributed by atoms with Crippen LogP contribution in [-0.4, -0.2) is 85.3 Å². The molecule has 1 spiro atoms. The van der Waals surface area contributed by atoms with E-state index in [2.05, 4.69) is 27.0 Å². The SMILES string of the molecule is C=CCN(Cc1ccccc1)C(=O)[C@@H]1[C@H]2C(=O)N([C@@H](CO)[C@@H](C)CC)C(C(=O)N(CC=C)C(C)CCC)C23CC[C@H]1S3. The van der Waals surface area contributed by atoms with E-state index in [1.165, 1.54) is 0 Å². The van der Waals surface area contributed by atoms with Crippen LogP contribution in [0.5, 0.6) is 0 Å². The molecule has 8 atom stereocenters. The number of carbonyl (C=O) groups is 3. The fourth-order valence-corrected chi connectivity index (χ4v) is 9.78. The number of nitrogens with zero attached hydrogens (tertiary/aromatic N) is 3. The number of fused-ring (bicyclic) bond motifs is 1. The summed E-state index contributed by atoms with van der Waals surface area (Å²) >= 11 is 1.69. The van der Waals surface area contributed by atoms with Crippen molar-refractivity contribution in [2.75, 3.05) is 19.7 Å². The number of aliphatic hydroxyl groups excluding tert-OH is 1. The van der Waals surface area contributed by atoms with E-state index in [0.717, 1.165) is 31.2 Å². The molecule has 0 radical (unpaired) electrons. The summed E-state index contributed by atoms with van der Waals surface area (Å²) in [7, 11) is 0. The molecule has 3 aliphatic rings. The zero-order valence-corrected chi connectivity index (χ0v) is 26.6. The van der Waals surface area contributed by atoms with Crippen molar-refractivity contribution in [3.05, 3.63) is 61.2 Å². The van der Waals surface area contributed by atoms with Gasteiger partial charge in [0.15, 0.2) is 0 Å². The average molecular weight is 596 g/mol. The molecule has 4 rings (SSSR count). The Kier molecular flexibility index (Phi) is 10.6. The molecular formula is C34H49N3O4S. The molecule has 3 saturated heterocycles. The number of carbonyl (C=O) groups excluding carboxylic acids is 3. The monoisotopic (exact) mass is 595 g/mol. The minimum atomic E-state index is -0.727. The number of aliphatic hydroxyl groups is 1. The Morgan fingerprint density at radius 2 is 1.83 bits per heavy atom. The molecule has 1 aromatic rings. The summed E-state index contributed by atoms with van der Waals surface area (Å²) < 4.78 is -0.696. The van der Waals surface area contributed by atoms with Gasteiger partial charge in [0.05, 0.1) is 29.2 Å². The largest absolute Gasteiger partial charge is 0.394 e. The number of hydrogen-bond donors (Lipinski definition) is 1. The molecule has 42 heavy (non-hydrogen) atoms. The summed E-state index contributed by atoms with van der Waals surface area (Å²) in [5, 5.41) is 10.6. The van der Waals surface area contributed by atoms with Crippen molar-refractivity contribution in [1.82, 2.24) is 14.7 Å². The van der Waals surface area contributed by atoms with Crippen LogP contribution < -0.4 is 0 Å². The van der Waals surface area contributed by atoms with Crippen LogP contribution >= 0.6 is 11.8 Å². The van der Waals surface area contributed by atoms with Gasteiger partial charge < -0.3 is 19.8 Å². The second kappa shape index (κ2) is 13.8. The first-order chi connectivity index (χ1) is 20.2. The van der Waals surface area contributed by atoms with Crippen molar-refractivity contribution < 1.29 is 19.5 Å². The molecule has 7 nitrogen and oxygen atoms in total. The van der Waals surface area contributed by atoms with Gasteiger partial charge in [0, 0.05) is 30.9 Å². The summed E-state index contributed by atoms with van der Waals surface area (Å²) in [5.41, 5.74) is 1.02. The number of rotatable bonds is 15. The maximum atomic E-state index is 14.7. The quantitative estimate of drug-likeness (QED) is 0.292. The number of thioether (sulfide) groups is 1. The van der Waals surface area contributed by atoms with Gasteiger partial charge in [-0.2, -0.15) is 0 Å². The second-order valence-corrected chi connectivity index (χ2v) is 13.9. The molecule has 3 fully saturated rings. The summed E-state index contributed by atoms with van der Waals surface area (Å²) in [4.78, 5) is 49.1. The standard InChI is InChI=1S/C34H49N3O4S/c1-7-14-24(6)36(20-9-3)33(41)30-34-18-17-27(42-34)28(29(34)32(40)37(30)26(22-38)23(5)10-4)31(39)35(19-8-2)21-25-15-12-11-13-16-25/h8-9,11-13,15-16,23-24,26-30,38H,2-3,7,10,14,17-22H2,1,4-6H3/t23-,24?,26-,27+,28-,29-,30?,34?/m0/s1. The zero-order chi connectivity index (χ0) is 30.6. The molecule has 3 amide bonds. The van der Waals surface area contributed by atoms with Crippen LogP contribution in [0.4, 0.5) is 0 Å². The third-order valence-electron chi connectivity index (χ3n) is 9.83. The van der Waals surface area contributed by atoms with E-state index < -0.39 is 28.7 Å². The Bertz CT molecular complexity index is 1140. The molecule has 0 aromatic heterocycles. The van der Waals surface area contributed by atoms with E-state index in [1.54, 1.807) is 33.7 Å². The first-order valence-corrected chi connectivity index (χ1v) is 16.5. The molecule has 230 valence electrons. The first-order valence-electron chi connectivity index (χ1n) is 15.7. The van der Waals surface area contributed by atoms with Gasteiger partial charge in [0.2, 0.25) is 17.7 Å². The third-order valence-corrected chi connectivity index (χ3v) is 11.8. The number of hydrogen-bond acceptors (Lipinski definition) is 5. The van der Waals surface area contributed by atoms with Crippen molar-refractivity contribution in [3.8, 4) is 0 Å². The molecule has 2 bridgehead atoms. The topological polar surface area (TPSA) is 81.2 Å². The predicted octanol–water partition coefficient (Wildman–Crippen LogP) is 4.90. The summed E-state index contributed by atoms with van der Waals surface area (Å²) in [5.74, 6) is -1.40. The van der Waals surface area contributed by atoms with E-state index in [1.807, 2.05) is 49.1 Å². The molecule has 0 aliphatic carbocycles. The number of benzene rings is 1. The maximum absolute atomic E-state index is 14.7. The van der Waals surface area contributed by atoms with Gasteiger partial charge in [-0.3, -0.25) is 14.4 Å². The fourth-order valence-electron chi connectivity index (χ4n) is 7.58. The van der Waals surface area contributed by atoms with Gasteiger partial charge in [0.25, 0.3) is 0 Å². The predicted molar refractivity (Wildman–Crippen MR) is 170 cm³/mol. The highest BCUT2D eigenvalue weighted by molar-refractivity contribution is 8.02. The van der Waals surface area contributed by atoms with E-state index in [0.29, 0.717) is 26.1 Å². The van der Waals surface area contributed by atoms with Gasteiger partial charge in [-0.15, -0.1) is 24.9 Å². The van der Waals surface area contributed by atoms with E-state index in [9.17, 15) is 19.5 Å². The molecule has 8 heteroatoms. The van der Waals surface area contributed by atoms with Crippen LogP contribution in [0.15, 0.2) is 55.6 Å². The highest BCUT2D eigenvalue weighted by Crippen LogP contribution is 2.67. The molecular weight excluding hydrogens is 546 g/mol. The van der Waals surface area contributed by atoms with Crippen molar-refractivity contribution in [1.29, 1.82) is 0 Å². The maximum Gasteiger partial charge on any atom is 0.247 e.